The van der Waals surface area contributed by atoms with Crippen molar-refractivity contribution >= 4 is 29.0 Å². The summed E-state index contributed by atoms with van der Waals surface area (Å²) in [4.78, 5) is 16.3. The van der Waals surface area contributed by atoms with Gasteiger partial charge in [-0.1, -0.05) is 12.8 Å². The summed E-state index contributed by atoms with van der Waals surface area (Å²) >= 11 is 3.29. The standard InChI is InChI=1S/C12H19N3OS2/c1-17-10-5-3-2-4-8(10)15-12(16)9-7-18-11(6-13)14-9/h7-8,10H,2-6,13H2,1H3,(H,15,16). The number of carbonyl (C=O) groups excluding carboxylic acids is 1. The first kappa shape index (κ1) is 13.8. The summed E-state index contributed by atoms with van der Waals surface area (Å²) < 4.78 is 0. The molecule has 0 spiro atoms. The largest absolute Gasteiger partial charge is 0.347 e. The van der Waals surface area contributed by atoms with Gasteiger partial charge in [-0.2, -0.15) is 11.8 Å². The van der Waals surface area contributed by atoms with Crippen LogP contribution in [0.2, 0.25) is 0 Å². The predicted molar refractivity (Wildman–Crippen MR) is 77.0 cm³/mol. The van der Waals surface area contributed by atoms with E-state index in [0.29, 0.717) is 17.5 Å². The first-order valence-electron chi connectivity index (χ1n) is 6.22. The molecule has 0 radical (unpaired) electrons. The van der Waals surface area contributed by atoms with E-state index in [0.717, 1.165) is 11.4 Å². The van der Waals surface area contributed by atoms with Gasteiger partial charge in [0.05, 0.1) is 0 Å². The van der Waals surface area contributed by atoms with Gasteiger partial charge >= 0.3 is 0 Å². The van der Waals surface area contributed by atoms with Crippen molar-refractivity contribution in [2.75, 3.05) is 6.26 Å². The quantitative estimate of drug-likeness (QED) is 0.888. The topological polar surface area (TPSA) is 68.0 Å². The van der Waals surface area contributed by atoms with Crippen LogP contribution in [0.1, 0.15) is 41.2 Å². The van der Waals surface area contributed by atoms with Gasteiger partial charge in [0.2, 0.25) is 0 Å². The third-order valence-electron chi connectivity index (χ3n) is 3.28. The van der Waals surface area contributed by atoms with Crippen molar-refractivity contribution < 1.29 is 4.79 Å². The Morgan fingerprint density at radius 1 is 1.61 bits per heavy atom. The molecule has 1 fully saturated rings. The number of nitrogens with two attached hydrogens (primary N) is 1. The van der Waals surface area contributed by atoms with Crippen LogP contribution in [-0.4, -0.2) is 28.4 Å². The number of hydrogen-bond acceptors (Lipinski definition) is 5. The fourth-order valence-electron chi connectivity index (χ4n) is 2.30. The zero-order valence-electron chi connectivity index (χ0n) is 10.5. The van der Waals surface area contributed by atoms with Gasteiger partial charge in [-0.15, -0.1) is 11.3 Å². The van der Waals surface area contributed by atoms with Crippen molar-refractivity contribution in [1.82, 2.24) is 10.3 Å². The Kier molecular flexibility index (Phi) is 5.03. The molecule has 0 aliphatic heterocycles. The Morgan fingerprint density at radius 2 is 2.39 bits per heavy atom. The third kappa shape index (κ3) is 3.24. The number of thiazole rings is 1. The highest BCUT2D eigenvalue weighted by molar-refractivity contribution is 7.99. The van der Waals surface area contributed by atoms with Crippen molar-refractivity contribution in [3.63, 3.8) is 0 Å². The minimum absolute atomic E-state index is 0.0584. The minimum atomic E-state index is -0.0584. The van der Waals surface area contributed by atoms with Crippen molar-refractivity contribution in [3.8, 4) is 0 Å². The van der Waals surface area contributed by atoms with E-state index >= 15 is 0 Å². The van der Waals surface area contributed by atoms with Gasteiger partial charge in [0.1, 0.15) is 10.7 Å². The van der Waals surface area contributed by atoms with Gasteiger partial charge in [-0.25, -0.2) is 4.98 Å². The van der Waals surface area contributed by atoms with Crippen LogP contribution in [0.5, 0.6) is 0 Å². The number of nitrogens with one attached hydrogen (secondary N) is 1. The Morgan fingerprint density at radius 3 is 3.06 bits per heavy atom. The molecule has 6 heteroatoms. The van der Waals surface area contributed by atoms with Crippen LogP contribution in [-0.2, 0) is 6.54 Å². The summed E-state index contributed by atoms with van der Waals surface area (Å²) in [5.74, 6) is -0.0584. The summed E-state index contributed by atoms with van der Waals surface area (Å²) in [5.41, 5.74) is 6.01. The fraction of sp³-hybridized carbons (Fsp3) is 0.667. The lowest BCUT2D eigenvalue weighted by molar-refractivity contribution is 0.0925. The SMILES string of the molecule is CSC1CCCCC1NC(=O)c1csc(CN)n1. The normalized spacial score (nSPS) is 23.9. The number of aromatic nitrogens is 1. The summed E-state index contributed by atoms with van der Waals surface area (Å²) in [6, 6.07) is 0.282. The summed E-state index contributed by atoms with van der Waals surface area (Å²) in [7, 11) is 0. The second-order valence-electron chi connectivity index (χ2n) is 4.47. The summed E-state index contributed by atoms with van der Waals surface area (Å²) in [5, 5.41) is 6.25. The molecule has 2 rings (SSSR count). The maximum Gasteiger partial charge on any atom is 0.271 e. The van der Waals surface area contributed by atoms with E-state index in [4.69, 9.17) is 5.73 Å². The Bertz CT molecular complexity index is 408. The Labute approximate surface area is 116 Å². The van der Waals surface area contributed by atoms with Gasteiger partial charge in [-0.3, -0.25) is 4.79 Å². The molecule has 2 unspecified atom stereocenters. The lowest BCUT2D eigenvalue weighted by Gasteiger charge is -2.30. The number of thioether (sulfide) groups is 1. The molecule has 18 heavy (non-hydrogen) atoms. The molecule has 1 amide bonds. The molecule has 100 valence electrons. The van der Waals surface area contributed by atoms with E-state index in [1.54, 1.807) is 5.38 Å². The van der Waals surface area contributed by atoms with E-state index in [1.165, 1.54) is 30.6 Å². The van der Waals surface area contributed by atoms with Gasteiger partial charge in [-0.05, 0) is 19.1 Å². The van der Waals surface area contributed by atoms with Crippen LogP contribution in [0.3, 0.4) is 0 Å². The molecule has 2 atom stereocenters. The van der Waals surface area contributed by atoms with Gasteiger partial charge in [0.15, 0.2) is 0 Å². The molecule has 1 aliphatic rings. The molecule has 1 saturated carbocycles. The number of rotatable bonds is 4. The molecule has 1 aromatic rings. The van der Waals surface area contributed by atoms with E-state index < -0.39 is 0 Å². The molecule has 4 nitrogen and oxygen atoms in total. The molecule has 3 N–H and O–H groups in total. The number of hydrogen-bond donors (Lipinski definition) is 2. The monoisotopic (exact) mass is 285 g/mol. The third-order valence-corrected chi connectivity index (χ3v) is 5.32. The fourth-order valence-corrected chi connectivity index (χ4v) is 3.89. The minimum Gasteiger partial charge on any atom is -0.347 e. The average Bonchev–Trinajstić information content (AvgIpc) is 2.88. The van der Waals surface area contributed by atoms with Crippen LogP contribution >= 0.6 is 23.1 Å². The highest BCUT2D eigenvalue weighted by atomic mass is 32.2. The van der Waals surface area contributed by atoms with E-state index in [-0.39, 0.29) is 11.9 Å². The second-order valence-corrected chi connectivity index (χ2v) is 6.49. The molecular weight excluding hydrogens is 266 g/mol. The first-order chi connectivity index (χ1) is 8.74. The Hall–Kier alpha value is -0.590. The molecule has 0 aromatic carbocycles. The second kappa shape index (κ2) is 6.54. The molecule has 1 aromatic heterocycles. The van der Waals surface area contributed by atoms with E-state index in [1.807, 2.05) is 11.8 Å². The van der Waals surface area contributed by atoms with E-state index in [2.05, 4.69) is 16.6 Å². The summed E-state index contributed by atoms with van der Waals surface area (Å²) in [6.07, 6.45) is 6.85. The van der Waals surface area contributed by atoms with E-state index in [9.17, 15) is 4.79 Å². The molecule has 0 bridgehead atoms. The van der Waals surface area contributed by atoms with Crippen LogP contribution in [0.4, 0.5) is 0 Å². The maximum atomic E-state index is 12.1. The maximum absolute atomic E-state index is 12.1. The lowest BCUT2D eigenvalue weighted by Crippen LogP contribution is -2.43. The van der Waals surface area contributed by atoms with Crippen LogP contribution < -0.4 is 11.1 Å². The highest BCUT2D eigenvalue weighted by Crippen LogP contribution is 2.27. The lowest BCUT2D eigenvalue weighted by atomic mass is 9.95. The van der Waals surface area contributed by atoms with Crippen LogP contribution in [0.15, 0.2) is 5.38 Å². The molecule has 0 saturated heterocycles. The van der Waals surface area contributed by atoms with Crippen molar-refractivity contribution in [2.45, 2.75) is 43.5 Å². The van der Waals surface area contributed by atoms with Crippen molar-refractivity contribution in [3.05, 3.63) is 16.1 Å². The smallest absolute Gasteiger partial charge is 0.271 e. The Balaban J connectivity index is 1.97. The highest BCUT2D eigenvalue weighted by Gasteiger charge is 2.26. The van der Waals surface area contributed by atoms with Gasteiger partial charge in [0, 0.05) is 23.2 Å². The van der Waals surface area contributed by atoms with Crippen LogP contribution in [0, 0.1) is 0 Å². The van der Waals surface area contributed by atoms with Gasteiger partial charge in [0.25, 0.3) is 5.91 Å². The molecule has 1 heterocycles. The van der Waals surface area contributed by atoms with Gasteiger partial charge < -0.3 is 11.1 Å². The zero-order valence-corrected chi connectivity index (χ0v) is 12.1. The molecular formula is C12H19N3OS2. The zero-order chi connectivity index (χ0) is 13.0. The number of carbonyl (C=O) groups is 1. The number of nitrogens with zero attached hydrogens (tertiary/aromatic N) is 1. The first-order valence-corrected chi connectivity index (χ1v) is 8.39. The summed E-state index contributed by atoms with van der Waals surface area (Å²) in [6.45, 7) is 0.398. The van der Waals surface area contributed by atoms with Crippen molar-refractivity contribution in [1.29, 1.82) is 0 Å². The molecule has 1 aliphatic carbocycles. The van der Waals surface area contributed by atoms with Crippen LogP contribution in [0.25, 0.3) is 0 Å². The van der Waals surface area contributed by atoms with Crippen molar-refractivity contribution in [2.24, 2.45) is 5.73 Å². The predicted octanol–water partition coefficient (Wildman–Crippen LogP) is 2.01. The average molecular weight is 285 g/mol. The number of amides is 1.